The van der Waals surface area contributed by atoms with Gasteiger partial charge in [0.1, 0.15) is 27.9 Å². The van der Waals surface area contributed by atoms with Gasteiger partial charge in [-0.15, -0.1) is 0 Å². The van der Waals surface area contributed by atoms with Gasteiger partial charge >= 0.3 is 0 Å². The van der Waals surface area contributed by atoms with E-state index in [0.29, 0.717) is 22.9 Å². The largest absolute Gasteiger partial charge is 0.495 e. The van der Waals surface area contributed by atoms with Gasteiger partial charge in [0, 0.05) is 11.3 Å². The number of para-hydroxylation sites is 1. The lowest BCUT2D eigenvalue weighted by Crippen LogP contribution is -2.23. The van der Waals surface area contributed by atoms with E-state index in [1.807, 2.05) is 30.3 Å². The number of hydrogen-bond donors (Lipinski definition) is 2. The summed E-state index contributed by atoms with van der Waals surface area (Å²) in [6.45, 7) is 0.176. The number of furan rings is 1. The molecule has 0 unspecified atom stereocenters. The first-order chi connectivity index (χ1) is 16.4. The van der Waals surface area contributed by atoms with E-state index in [0.717, 1.165) is 0 Å². The fourth-order valence-electron chi connectivity index (χ4n) is 3.14. The molecule has 0 saturated heterocycles. The summed E-state index contributed by atoms with van der Waals surface area (Å²) >= 11 is 0. The Hall–Kier alpha value is -4.24. The smallest absolute Gasteiger partial charge is 0.265 e. The molecule has 4 rings (SSSR count). The van der Waals surface area contributed by atoms with Gasteiger partial charge in [-0.1, -0.05) is 18.2 Å². The number of carbonyl (C=O) groups is 1. The molecular weight excluding hydrogens is 456 g/mol. The molecule has 0 spiro atoms. The van der Waals surface area contributed by atoms with E-state index in [1.165, 1.54) is 31.6 Å². The summed E-state index contributed by atoms with van der Waals surface area (Å²) in [6.07, 6.45) is 1.51. The molecule has 0 aliphatic heterocycles. The summed E-state index contributed by atoms with van der Waals surface area (Å²) in [5, 5.41) is 2.69. The molecule has 1 aromatic heterocycles. The monoisotopic (exact) mass is 478 g/mol. The van der Waals surface area contributed by atoms with Crippen LogP contribution < -0.4 is 19.5 Å². The topological polar surface area (TPSA) is 107 Å². The Morgan fingerprint density at radius 2 is 1.65 bits per heavy atom. The van der Waals surface area contributed by atoms with Crippen molar-refractivity contribution in [2.45, 2.75) is 11.4 Å². The van der Waals surface area contributed by atoms with Gasteiger partial charge in [-0.3, -0.25) is 9.52 Å². The zero-order valence-corrected chi connectivity index (χ0v) is 19.0. The fourth-order valence-corrected chi connectivity index (χ4v) is 4.39. The molecule has 9 heteroatoms. The van der Waals surface area contributed by atoms with Crippen LogP contribution in [0.25, 0.3) is 0 Å². The standard InChI is InChI=1S/C25H22N2O6S/c1-31-23-14-9-18(25(28)26-17-22-8-5-15-32-22)16-24(23)34(29,30)27-19-10-12-21(13-11-19)33-20-6-3-2-4-7-20/h2-16,27H,17H2,1H3,(H,26,28). The highest BCUT2D eigenvalue weighted by atomic mass is 32.2. The lowest BCUT2D eigenvalue weighted by Gasteiger charge is -2.13. The third-order valence-electron chi connectivity index (χ3n) is 4.80. The van der Waals surface area contributed by atoms with Crippen molar-refractivity contribution in [2.75, 3.05) is 11.8 Å². The molecule has 174 valence electrons. The van der Waals surface area contributed by atoms with Crippen LogP contribution in [0.1, 0.15) is 16.1 Å². The first kappa shape index (κ1) is 22.9. The second kappa shape index (κ2) is 10.1. The number of methoxy groups -OCH3 is 1. The highest BCUT2D eigenvalue weighted by Crippen LogP contribution is 2.28. The van der Waals surface area contributed by atoms with E-state index in [2.05, 4.69) is 10.0 Å². The van der Waals surface area contributed by atoms with Crippen molar-refractivity contribution in [1.82, 2.24) is 5.32 Å². The van der Waals surface area contributed by atoms with Gasteiger partial charge in [0.25, 0.3) is 15.9 Å². The molecule has 0 atom stereocenters. The van der Waals surface area contributed by atoms with E-state index < -0.39 is 15.9 Å². The van der Waals surface area contributed by atoms with E-state index in [-0.39, 0.29) is 22.8 Å². The SMILES string of the molecule is COc1ccc(C(=O)NCc2ccco2)cc1S(=O)(=O)Nc1ccc(Oc2ccccc2)cc1. The summed E-state index contributed by atoms with van der Waals surface area (Å²) in [4.78, 5) is 12.4. The van der Waals surface area contributed by atoms with Crippen LogP contribution in [0.5, 0.6) is 17.2 Å². The van der Waals surface area contributed by atoms with E-state index in [9.17, 15) is 13.2 Å². The van der Waals surface area contributed by atoms with Crippen molar-refractivity contribution in [2.24, 2.45) is 0 Å². The molecule has 8 nitrogen and oxygen atoms in total. The van der Waals surface area contributed by atoms with Crippen LogP contribution in [0, 0.1) is 0 Å². The van der Waals surface area contributed by atoms with Gasteiger partial charge in [-0.25, -0.2) is 8.42 Å². The van der Waals surface area contributed by atoms with Crippen LogP contribution in [0.15, 0.2) is 101 Å². The third kappa shape index (κ3) is 5.57. The molecule has 1 heterocycles. The Bertz CT molecular complexity index is 1350. The number of amides is 1. The maximum atomic E-state index is 13.1. The molecule has 0 fully saturated rings. The first-order valence-corrected chi connectivity index (χ1v) is 11.8. The molecule has 0 bridgehead atoms. The van der Waals surface area contributed by atoms with E-state index in [1.54, 1.807) is 36.4 Å². The highest BCUT2D eigenvalue weighted by Gasteiger charge is 2.22. The predicted molar refractivity (Wildman–Crippen MR) is 127 cm³/mol. The molecule has 1 amide bonds. The highest BCUT2D eigenvalue weighted by molar-refractivity contribution is 7.92. The molecule has 0 radical (unpaired) electrons. The summed E-state index contributed by atoms with van der Waals surface area (Å²) < 4.78 is 44.9. The summed E-state index contributed by atoms with van der Waals surface area (Å²) in [5.41, 5.74) is 0.495. The molecule has 0 aliphatic rings. The number of carbonyl (C=O) groups excluding carboxylic acids is 1. The second-order valence-electron chi connectivity index (χ2n) is 7.17. The zero-order valence-electron chi connectivity index (χ0n) is 18.2. The normalized spacial score (nSPS) is 11.0. The van der Waals surface area contributed by atoms with Gasteiger partial charge in [-0.05, 0) is 66.7 Å². The molecular formula is C25H22N2O6S. The van der Waals surface area contributed by atoms with Gasteiger partial charge in [0.2, 0.25) is 0 Å². The van der Waals surface area contributed by atoms with Crippen molar-refractivity contribution < 1.29 is 27.1 Å². The van der Waals surface area contributed by atoms with E-state index in [4.69, 9.17) is 13.9 Å². The van der Waals surface area contributed by atoms with Gasteiger partial charge in [-0.2, -0.15) is 0 Å². The van der Waals surface area contributed by atoms with Gasteiger partial charge < -0.3 is 19.2 Å². The molecule has 0 saturated carbocycles. The average molecular weight is 479 g/mol. The molecule has 3 aromatic carbocycles. The number of sulfonamides is 1. The Balaban J connectivity index is 1.50. The number of ether oxygens (including phenoxy) is 2. The number of hydrogen-bond acceptors (Lipinski definition) is 6. The predicted octanol–water partition coefficient (Wildman–Crippen LogP) is 4.81. The molecule has 0 aliphatic carbocycles. The maximum absolute atomic E-state index is 13.1. The lowest BCUT2D eigenvalue weighted by molar-refractivity contribution is 0.0947. The molecule has 4 aromatic rings. The van der Waals surface area contributed by atoms with Crippen LogP contribution in [-0.4, -0.2) is 21.4 Å². The number of rotatable bonds is 9. The van der Waals surface area contributed by atoms with Crippen molar-refractivity contribution in [1.29, 1.82) is 0 Å². The maximum Gasteiger partial charge on any atom is 0.265 e. The van der Waals surface area contributed by atoms with Gasteiger partial charge in [0.15, 0.2) is 0 Å². The zero-order chi connectivity index (χ0) is 24.0. The van der Waals surface area contributed by atoms with Crippen molar-refractivity contribution in [3.8, 4) is 17.2 Å². The molecule has 2 N–H and O–H groups in total. The van der Waals surface area contributed by atoms with Crippen molar-refractivity contribution in [3.05, 3.63) is 103 Å². The Morgan fingerprint density at radius 3 is 2.32 bits per heavy atom. The van der Waals surface area contributed by atoms with Crippen LogP contribution in [0.4, 0.5) is 5.69 Å². The second-order valence-corrected chi connectivity index (χ2v) is 8.82. The minimum atomic E-state index is -4.06. The number of nitrogens with one attached hydrogen (secondary N) is 2. The number of benzene rings is 3. The quantitative estimate of drug-likeness (QED) is 0.358. The minimum absolute atomic E-state index is 0.110. The van der Waals surface area contributed by atoms with Crippen molar-refractivity contribution >= 4 is 21.6 Å². The summed E-state index contributed by atoms with van der Waals surface area (Å²) in [6, 6.07) is 23.4. The van der Waals surface area contributed by atoms with Crippen LogP contribution in [0.3, 0.4) is 0 Å². The summed E-state index contributed by atoms with van der Waals surface area (Å²) in [5.74, 6) is 1.47. The van der Waals surface area contributed by atoms with Gasteiger partial charge in [0.05, 0.1) is 19.9 Å². The molecule has 34 heavy (non-hydrogen) atoms. The van der Waals surface area contributed by atoms with Crippen LogP contribution in [-0.2, 0) is 16.6 Å². The minimum Gasteiger partial charge on any atom is -0.495 e. The average Bonchev–Trinajstić information content (AvgIpc) is 3.37. The van der Waals surface area contributed by atoms with E-state index >= 15 is 0 Å². The number of anilines is 1. The summed E-state index contributed by atoms with van der Waals surface area (Å²) in [7, 11) is -2.69. The first-order valence-electron chi connectivity index (χ1n) is 10.3. The fraction of sp³-hybridized carbons (Fsp3) is 0.0800. The van der Waals surface area contributed by atoms with Crippen molar-refractivity contribution in [3.63, 3.8) is 0 Å². The Kier molecular flexibility index (Phi) is 6.84. The Morgan fingerprint density at radius 1 is 0.912 bits per heavy atom. The Labute approximate surface area is 197 Å². The lowest BCUT2D eigenvalue weighted by atomic mass is 10.2. The van der Waals surface area contributed by atoms with Crippen LogP contribution in [0.2, 0.25) is 0 Å². The van der Waals surface area contributed by atoms with Crippen LogP contribution >= 0.6 is 0 Å². The third-order valence-corrected chi connectivity index (χ3v) is 6.21.